The number of hydrogen-bond donors (Lipinski definition) is 3. The highest BCUT2D eigenvalue weighted by Crippen LogP contribution is 2.32. The minimum absolute atomic E-state index is 0.262. The molecule has 0 aliphatic carbocycles. The maximum absolute atomic E-state index is 13.8. The van der Waals surface area contributed by atoms with E-state index in [0.29, 0.717) is 51.6 Å². The number of fused-ring (bicyclic) bond motifs is 2. The Morgan fingerprint density at radius 2 is 1.93 bits per heavy atom. The number of amides is 3. The molecule has 3 heterocycles. The van der Waals surface area contributed by atoms with Gasteiger partial charge in [-0.1, -0.05) is 35.9 Å². The van der Waals surface area contributed by atoms with Crippen LogP contribution in [-0.4, -0.2) is 59.6 Å². The van der Waals surface area contributed by atoms with E-state index in [0.717, 1.165) is 11.1 Å². The summed E-state index contributed by atoms with van der Waals surface area (Å²) >= 11 is 6.23. The number of nitrogens with zero attached hydrogens (tertiary/aromatic N) is 6. The summed E-state index contributed by atoms with van der Waals surface area (Å²) in [5.41, 5.74) is 4.22. The van der Waals surface area contributed by atoms with Crippen molar-refractivity contribution in [2.24, 2.45) is 0 Å². The molecule has 5 aromatic rings. The molecule has 12 nitrogen and oxygen atoms in total. The lowest BCUT2D eigenvalue weighted by atomic mass is 9.91. The SMILES string of the molecule is CC(=O)Nc1n[nH]c2ccc(NC(=O)[C@@H]3c4ccccc4CCN3C(=O)/C=C/c3cc(Cl)ccc3-n3cnnn3)cc12. The zero-order chi connectivity index (χ0) is 29.2. The predicted molar refractivity (Wildman–Crippen MR) is 157 cm³/mol. The molecule has 0 radical (unpaired) electrons. The van der Waals surface area contributed by atoms with Crippen molar-refractivity contribution in [2.45, 2.75) is 19.4 Å². The zero-order valence-corrected chi connectivity index (χ0v) is 23.0. The summed E-state index contributed by atoms with van der Waals surface area (Å²) in [4.78, 5) is 40.6. The average Bonchev–Trinajstić information content (AvgIpc) is 3.66. The van der Waals surface area contributed by atoms with E-state index in [4.69, 9.17) is 11.6 Å². The molecule has 0 unspecified atom stereocenters. The molecule has 3 amide bonds. The summed E-state index contributed by atoms with van der Waals surface area (Å²) in [5, 5.41) is 25.0. The van der Waals surface area contributed by atoms with Gasteiger partial charge in [0, 0.05) is 41.2 Å². The summed E-state index contributed by atoms with van der Waals surface area (Å²) in [6, 6.07) is 17.1. The Bertz CT molecular complexity index is 1850. The first kappa shape index (κ1) is 26.8. The van der Waals surface area contributed by atoms with E-state index < -0.39 is 6.04 Å². The smallest absolute Gasteiger partial charge is 0.251 e. The minimum Gasteiger partial charge on any atom is -0.324 e. The van der Waals surface area contributed by atoms with E-state index in [9.17, 15) is 14.4 Å². The summed E-state index contributed by atoms with van der Waals surface area (Å²) in [6.07, 6.45) is 5.11. The Labute approximate surface area is 244 Å². The lowest BCUT2D eigenvalue weighted by molar-refractivity contribution is -0.135. The maximum Gasteiger partial charge on any atom is 0.251 e. The monoisotopic (exact) mass is 581 g/mol. The second kappa shape index (κ2) is 11.3. The largest absolute Gasteiger partial charge is 0.324 e. The van der Waals surface area contributed by atoms with Crippen molar-refractivity contribution >= 4 is 57.8 Å². The molecule has 0 bridgehead atoms. The van der Waals surface area contributed by atoms with Gasteiger partial charge in [0.2, 0.25) is 11.8 Å². The fourth-order valence-corrected chi connectivity index (χ4v) is 5.23. The lowest BCUT2D eigenvalue weighted by Crippen LogP contribution is -2.44. The molecule has 6 rings (SSSR count). The lowest BCUT2D eigenvalue weighted by Gasteiger charge is -2.35. The number of anilines is 2. The molecular weight excluding hydrogens is 558 g/mol. The standard InChI is InChI=1S/C29H24ClN9O3/c1-17(40)32-28-23-15-21(8-9-24(23)34-35-28)33-29(42)27-22-5-3-2-4-18(22)12-13-38(27)26(41)11-6-19-14-20(30)7-10-25(19)39-16-31-36-37-39/h2-11,14-16,27H,12-13H2,1H3,(H,33,42)(H2,32,34,35,40)/b11-6+/t27-/m0/s1. The number of hydrogen-bond acceptors (Lipinski definition) is 7. The Hall–Kier alpha value is -5.36. The molecule has 13 heteroatoms. The first-order valence-corrected chi connectivity index (χ1v) is 13.4. The van der Waals surface area contributed by atoms with Gasteiger partial charge < -0.3 is 15.5 Å². The van der Waals surface area contributed by atoms with Crippen molar-refractivity contribution in [3.05, 3.63) is 94.8 Å². The predicted octanol–water partition coefficient (Wildman–Crippen LogP) is 3.93. The molecule has 1 atom stereocenters. The number of halogens is 1. The van der Waals surface area contributed by atoms with Crippen LogP contribution < -0.4 is 10.6 Å². The van der Waals surface area contributed by atoms with Gasteiger partial charge in [-0.05, 0) is 70.4 Å². The summed E-state index contributed by atoms with van der Waals surface area (Å²) in [7, 11) is 0. The number of H-pyrrole nitrogens is 1. The number of nitrogens with one attached hydrogen (secondary N) is 3. The average molecular weight is 582 g/mol. The Morgan fingerprint density at radius 3 is 2.74 bits per heavy atom. The molecule has 0 saturated carbocycles. The second-order valence-electron chi connectivity index (χ2n) is 9.68. The van der Waals surface area contributed by atoms with E-state index in [1.807, 2.05) is 24.3 Å². The minimum atomic E-state index is -0.875. The number of carbonyl (C=O) groups excluding carboxylic acids is 3. The van der Waals surface area contributed by atoms with Crippen LogP contribution in [0.2, 0.25) is 5.02 Å². The van der Waals surface area contributed by atoms with Crippen molar-refractivity contribution in [2.75, 3.05) is 17.2 Å². The van der Waals surface area contributed by atoms with Crippen LogP contribution in [0.3, 0.4) is 0 Å². The van der Waals surface area contributed by atoms with E-state index >= 15 is 0 Å². The summed E-state index contributed by atoms with van der Waals surface area (Å²) < 4.78 is 1.47. The van der Waals surface area contributed by atoms with Crippen LogP contribution >= 0.6 is 11.6 Å². The van der Waals surface area contributed by atoms with Crippen LogP contribution in [0.15, 0.2) is 73.1 Å². The Balaban J connectivity index is 1.30. The van der Waals surface area contributed by atoms with E-state index in [1.165, 1.54) is 24.0 Å². The number of aromatic nitrogens is 6. The molecule has 3 aromatic carbocycles. The fraction of sp³-hybridized carbons (Fsp3) is 0.138. The van der Waals surface area contributed by atoms with Crippen LogP contribution in [0.25, 0.3) is 22.7 Å². The fourth-order valence-electron chi connectivity index (χ4n) is 5.05. The van der Waals surface area contributed by atoms with Crippen LogP contribution in [0, 0.1) is 0 Å². The molecule has 1 aliphatic rings. The molecule has 3 N–H and O–H groups in total. The topological polar surface area (TPSA) is 151 Å². The highest BCUT2D eigenvalue weighted by atomic mass is 35.5. The van der Waals surface area contributed by atoms with Crippen LogP contribution in [0.1, 0.15) is 29.7 Å². The highest BCUT2D eigenvalue weighted by molar-refractivity contribution is 6.30. The van der Waals surface area contributed by atoms with Gasteiger partial charge >= 0.3 is 0 Å². The van der Waals surface area contributed by atoms with Crippen LogP contribution in [-0.2, 0) is 20.8 Å². The van der Waals surface area contributed by atoms with Crippen molar-refractivity contribution in [1.82, 2.24) is 35.3 Å². The Morgan fingerprint density at radius 1 is 1.07 bits per heavy atom. The third-order valence-electron chi connectivity index (χ3n) is 6.93. The normalized spacial score (nSPS) is 14.6. The number of aromatic amines is 1. The van der Waals surface area contributed by atoms with Gasteiger partial charge in [0.15, 0.2) is 5.82 Å². The quantitative estimate of drug-likeness (QED) is 0.257. The number of benzene rings is 3. The van der Waals surface area contributed by atoms with Crippen molar-refractivity contribution < 1.29 is 14.4 Å². The van der Waals surface area contributed by atoms with Gasteiger partial charge in [0.25, 0.3) is 5.91 Å². The van der Waals surface area contributed by atoms with E-state index in [2.05, 4.69) is 36.4 Å². The van der Waals surface area contributed by atoms with Gasteiger partial charge in [-0.3, -0.25) is 19.5 Å². The van der Waals surface area contributed by atoms with Gasteiger partial charge in [0.05, 0.1) is 11.2 Å². The van der Waals surface area contributed by atoms with Crippen LogP contribution in [0.4, 0.5) is 11.5 Å². The molecule has 0 spiro atoms. The van der Waals surface area contributed by atoms with Gasteiger partial charge in [0.1, 0.15) is 12.4 Å². The third-order valence-corrected chi connectivity index (χ3v) is 7.17. The third kappa shape index (κ3) is 5.34. The maximum atomic E-state index is 13.8. The molecule has 2 aromatic heterocycles. The van der Waals surface area contributed by atoms with E-state index in [-0.39, 0.29) is 17.7 Å². The number of carbonyl (C=O) groups is 3. The number of tetrazole rings is 1. The molecule has 1 aliphatic heterocycles. The number of rotatable bonds is 6. The zero-order valence-electron chi connectivity index (χ0n) is 22.3. The van der Waals surface area contributed by atoms with Crippen molar-refractivity contribution in [1.29, 1.82) is 0 Å². The molecule has 0 saturated heterocycles. The van der Waals surface area contributed by atoms with E-state index in [1.54, 1.807) is 47.4 Å². The first-order valence-electron chi connectivity index (χ1n) is 13.0. The molecule has 210 valence electrons. The van der Waals surface area contributed by atoms with Crippen molar-refractivity contribution in [3.63, 3.8) is 0 Å². The highest BCUT2D eigenvalue weighted by Gasteiger charge is 2.35. The molecule has 42 heavy (non-hydrogen) atoms. The second-order valence-corrected chi connectivity index (χ2v) is 10.1. The first-order chi connectivity index (χ1) is 20.4. The summed E-state index contributed by atoms with van der Waals surface area (Å²) in [6.45, 7) is 1.74. The van der Waals surface area contributed by atoms with Gasteiger partial charge in [-0.15, -0.1) is 5.10 Å². The molecule has 0 fully saturated rings. The molecular formula is C29H24ClN9O3. The van der Waals surface area contributed by atoms with Gasteiger partial charge in [-0.2, -0.15) is 9.78 Å². The van der Waals surface area contributed by atoms with Crippen molar-refractivity contribution in [3.8, 4) is 5.69 Å². The van der Waals surface area contributed by atoms with Gasteiger partial charge in [-0.25, -0.2) is 0 Å². The van der Waals surface area contributed by atoms with Crippen LogP contribution in [0.5, 0.6) is 0 Å². The Kier molecular flexibility index (Phi) is 7.19. The summed E-state index contributed by atoms with van der Waals surface area (Å²) in [5.74, 6) is -0.613.